The Morgan fingerprint density at radius 1 is 1.19 bits per heavy atom. The standard InChI is InChI=1S/C15H23N/c1-3-13-7-9-14(10-8-13)11-16-12(2)15-5-4-6-15/h7-10,12,15-16H,3-6,11H2,1-2H3. The van der Waals surface area contributed by atoms with Gasteiger partial charge in [-0.05, 0) is 43.2 Å². The first-order chi connectivity index (χ1) is 7.79. The molecule has 0 radical (unpaired) electrons. The second-order valence-electron chi connectivity index (χ2n) is 5.03. The predicted octanol–water partition coefficient (Wildman–Crippen LogP) is 3.53. The van der Waals surface area contributed by atoms with Crippen LogP contribution in [0.3, 0.4) is 0 Å². The molecule has 1 unspecified atom stereocenters. The molecule has 0 aliphatic heterocycles. The highest BCUT2D eigenvalue weighted by molar-refractivity contribution is 5.22. The van der Waals surface area contributed by atoms with Gasteiger partial charge in [-0.2, -0.15) is 0 Å². The van der Waals surface area contributed by atoms with Gasteiger partial charge in [0, 0.05) is 12.6 Å². The third-order valence-electron chi connectivity index (χ3n) is 3.92. The van der Waals surface area contributed by atoms with Crippen LogP contribution in [0.4, 0.5) is 0 Å². The third-order valence-corrected chi connectivity index (χ3v) is 3.92. The summed E-state index contributed by atoms with van der Waals surface area (Å²) in [5.74, 6) is 0.926. The van der Waals surface area contributed by atoms with Gasteiger partial charge in [-0.25, -0.2) is 0 Å². The van der Waals surface area contributed by atoms with Crippen LogP contribution >= 0.6 is 0 Å². The highest BCUT2D eigenvalue weighted by atomic mass is 14.9. The van der Waals surface area contributed by atoms with Gasteiger partial charge in [0.15, 0.2) is 0 Å². The van der Waals surface area contributed by atoms with Crippen LogP contribution in [0.15, 0.2) is 24.3 Å². The van der Waals surface area contributed by atoms with Crippen molar-refractivity contribution in [2.45, 2.75) is 52.1 Å². The maximum absolute atomic E-state index is 3.64. The number of hydrogen-bond acceptors (Lipinski definition) is 1. The van der Waals surface area contributed by atoms with Crippen LogP contribution in [0.2, 0.25) is 0 Å². The molecular formula is C15H23N. The van der Waals surface area contributed by atoms with Crippen molar-refractivity contribution in [1.82, 2.24) is 5.32 Å². The summed E-state index contributed by atoms with van der Waals surface area (Å²) in [4.78, 5) is 0. The van der Waals surface area contributed by atoms with Crippen molar-refractivity contribution in [3.8, 4) is 0 Å². The Balaban J connectivity index is 1.79. The van der Waals surface area contributed by atoms with Crippen LogP contribution < -0.4 is 5.32 Å². The summed E-state index contributed by atoms with van der Waals surface area (Å²) in [7, 11) is 0. The van der Waals surface area contributed by atoms with E-state index in [4.69, 9.17) is 0 Å². The summed E-state index contributed by atoms with van der Waals surface area (Å²) < 4.78 is 0. The van der Waals surface area contributed by atoms with Crippen molar-refractivity contribution < 1.29 is 0 Å². The van der Waals surface area contributed by atoms with E-state index in [1.54, 1.807) is 0 Å². The Morgan fingerprint density at radius 3 is 2.31 bits per heavy atom. The smallest absolute Gasteiger partial charge is 0.0208 e. The molecule has 1 N–H and O–H groups in total. The molecule has 1 aliphatic carbocycles. The van der Waals surface area contributed by atoms with Crippen molar-refractivity contribution in [3.63, 3.8) is 0 Å². The molecule has 1 saturated carbocycles. The van der Waals surface area contributed by atoms with E-state index in [2.05, 4.69) is 43.4 Å². The fourth-order valence-corrected chi connectivity index (χ4v) is 2.28. The molecule has 1 atom stereocenters. The van der Waals surface area contributed by atoms with Gasteiger partial charge in [0.1, 0.15) is 0 Å². The molecule has 0 amide bonds. The zero-order valence-electron chi connectivity index (χ0n) is 10.5. The van der Waals surface area contributed by atoms with E-state index in [9.17, 15) is 0 Å². The van der Waals surface area contributed by atoms with Gasteiger partial charge < -0.3 is 5.32 Å². The van der Waals surface area contributed by atoms with E-state index in [0.717, 1.165) is 18.9 Å². The van der Waals surface area contributed by atoms with Crippen LogP contribution in [-0.4, -0.2) is 6.04 Å². The Morgan fingerprint density at radius 2 is 1.81 bits per heavy atom. The molecule has 0 saturated heterocycles. The number of benzene rings is 1. The van der Waals surface area contributed by atoms with Crippen LogP contribution in [0, 0.1) is 5.92 Å². The van der Waals surface area contributed by atoms with Crippen LogP contribution in [-0.2, 0) is 13.0 Å². The minimum atomic E-state index is 0.680. The SMILES string of the molecule is CCc1ccc(CNC(C)C2CCC2)cc1. The van der Waals surface area contributed by atoms with E-state index in [1.807, 2.05) is 0 Å². The fourth-order valence-electron chi connectivity index (χ4n) is 2.28. The minimum absolute atomic E-state index is 0.680. The van der Waals surface area contributed by atoms with Crippen LogP contribution in [0.5, 0.6) is 0 Å². The highest BCUT2D eigenvalue weighted by Gasteiger charge is 2.23. The van der Waals surface area contributed by atoms with E-state index < -0.39 is 0 Å². The monoisotopic (exact) mass is 217 g/mol. The quantitative estimate of drug-likeness (QED) is 0.795. The van der Waals surface area contributed by atoms with Gasteiger partial charge in [0.05, 0.1) is 0 Å². The van der Waals surface area contributed by atoms with E-state index in [-0.39, 0.29) is 0 Å². The second-order valence-corrected chi connectivity index (χ2v) is 5.03. The molecule has 1 fully saturated rings. The lowest BCUT2D eigenvalue weighted by Crippen LogP contribution is -2.36. The number of aryl methyl sites for hydroxylation is 1. The zero-order chi connectivity index (χ0) is 11.4. The fraction of sp³-hybridized carbons (Fsp3) is 0.600. The van der Waals surface area contributed by atoms with Crippen molar-refractivity contribution in [1.29, 1.82) is 0 Å². The van der Waals surface area contributed by atoms with Crippen LogP contribution in [0.1, 0.15) is 44.2 Å². The topological polar surface area (TPSA) is 12.0 Å². The lowest BCUT2D eigenvalue weighted by atomic mass is 9.80. The van der Waals surface area contributed by atoms with Gasteiger partial charge in [-0.15, -0.1) is 0 Å². The lowest BCUT2D eigenvalue weighted by Gasteiger charge is -2.32. The number of nitrogens with one attached hydrogen (secondary N) is 1. The van der Waals surface area contributed by atoms with Crippen molar-refractivity contribution in [3.05, 3.63) is 35.4 Å². The van der Waals surface area contributed by atoms with E-state index in [1.165, 1.54) is 30.4 Å². The highest BCUT2D eigenvalue weighted by Crippen LogP contribution is 2.29. The molecular weight excluding hydrogens is 194 g/mol. The third kappa shape index (κ3) is 2.85. The van der Waals surface area contributed by atoms with E-state index in [0.29, 0.717) is 6.04 Å². The molecule has 0 aromatic heterocycles. The number of rotatable bonds is 5. The predicted molar refractivity (Wildman–Crippen MR) is 69.5 cm³/mol. The molecule has 88 valence electrons. The summed E-state index contributed by atoms with van der Waals surface area (Å²) in [6, 6.07) is 9.66. The van der Waals surface area contributed by atoms with Crippen molar-refractivity contribution in [2.24, 2.45) is 5.92 Å². The van der Waals surface area contributed by atoms with Gasteiger partial charge >= 0.3 is 0 Å². The Hall–Kier alpha value is -0.820. The molecule has 2 rings (SSSR count). The summed E-state index contributed by atoms with van der Waals surface area (Å²) in [6.45, 7) is 5.54. The van der Waals surface area contributed by atoms with Gasteiger partial charge in [0.25, 0.3) is 0 Å². The first-order valence-corrected chi connectivity index (χ1v) is 6.60. The molecule has 0 heterocycles. The minimum Gasteiger partial charge on any atom is -0.310 e. The summed E-state index contributed by atoms with van der Waals surface area (Å²) >= 11 is 0. The molecule has 0 bridgehead atoms. The first-order valence-electron chi connectivity index (χ1n) is 6.60. The normalized spacial score (nSPS) is 18.1. The van der Waals surface area contributed by atoms with Crippen molar-refractivity contribution in [2.75, 3.05) is 0 Å². The summed E-state index contributed by atoms with van der Waals surface area (Å²) in [6.07, 6.45) is 5.40. The molecule has 0 spiro atoms. The molecule has 1 nitrogen and oxygen atoms in total. The molecule has 16 heavy (non-hydrogen) atoms. The average Bonchev–Trinajstić information content (AvgIpc) is 2.25. The zero-order valence-corrected chi connectivity index (χ0v) is 10.5. The van der Waals surface area contributed by atoms with Gasteiger partial charge in [-0.1, -0.05) is 37.6 Å². The average molecular weight is 217 g/mol. The Labute approximate surface area is 99.3 Å². The molecule has 1 aliphatic rings. The largest absolute Gasteiger partial charge is 0.310 e. The lowest BCUT2D eigenvalue weighted by molar-refractivity contribution is 0.240. The molecule has 1 aromatic rings. The maximum atomic E-state index is 3.64. The second kappa shape index (κ2) is 5.49. The van der Waals surface area contributed by atoms with Gasteiger partial charge in [0.2, 0.25) is 0 Å². The number of hydrogen-bond donors (Lipinski definition) is 1. The van der Waals surface area contributed by atoms with Crippen LogP contribution in [0.25, 0.3) is 0 Å². The maximum Gasteiger partial charge on any atom is 0.0208 e. The summed E-state index contributed by atoms with van der Waals surface area (Å²) in [5, 5.41) is 3.64. The molecule has 1 aromatic carbocycles. The first kappa shape index (κ1) is 11.7. The Kier molecular flexibility index (Phi) is 4.00. The van der Waals surface area contributed by atoms with Gasteiger partial charge in [-0.3, -0.25) is 0 Å². The molecule has 1 heteroatoms. The van der Waals surface area contributed by atoms with E-state index >= 15 is 0 Å². The summed E-state index contributed by atoms with van der Waals surface area (Å²) in [5.41, 5.74) is 2.83. The Bertz CT molecular complexity index is 311. The van der Waals surface area contributed by atoms with Crippen molar-refractivity contribution >= 4 is 0 Å².